The molecule has 0 bridgehead atoms. The van der Waals surface area contributed by atoms with Gasteiger partial charge in [-0.2, -0.15) is 0 Å². The zero-order valence-corrected chi connectivity index (χ0v) is 18.2. The van der Waals surface area contributed by atoms with Crippen LogP contribution in [-0.2, 0) is 11.0 Å². The highest BCUT2D eigenvalue weighted by Crippen LogP contribution is 2.37. The minimum Gasteiger partial charge on any atom is -0.413 e. The molecule has 0 atom stereocenters. The van der Waals surface area contributed by atoms with Gasteiger partial charge in [0.15, 0.2) is 8.32 Å². The first-order valence-corrected chi connectivity index (χ1v) is 13.0. The lowest BCUT2D eigenvalue weighted by molar-refractivity contribution is 0.276. The van der Waals surface area contributed by atoms with E-state index in [1.165, 1.54) is 5.56 Å². The smallest absolute Gasteiger partial charge is 0.207 e. The largest absolute Gasteiger partial charge is 0.413 e. The number of thioether (sulfide) groups is 1. The van der Waals surface area contributed by atoms with Gasteiger partial charge in [0.25, 0.3) is 0 Å². The van der Waals surface area contributed by atoms with Crippen LogP contribution in [0.15, 0.2) is 47.8 Å². The molecule has 0 aliphatic rings. The lowest BCUT2D eigenvalue weighted by atomic mass is 10.1. The molecular weight excluding hydrogens is 358 g/mol. The Hall–Kier alpha value is -1.63. The van der Waals surface area contributed by atoms with Crippen molar-refractivity contribution in [1.29, 1.82) is 0 Å². The molecule has 0 saturated heterocycles. The highest BCUT2D eigenvalue weighted by molar-refractivity contribution is 7.98. The molecule has 4 nitrogen and oxygen atoms in total. The Morgan fingerprint density at radius 2 is 1.92 bits per heavy atom. The zero-order valence-electron chi connectivity index (χ0n) is 16.4. The number of hydrogen-bond donors (Lipinski definition) is 0. The van der Waals surface area contributed by atoms with Crippen molar-refractivity contribution < 1.29 is 4.43 Å². The van der Waals surface area contributed by atoms with Crippen LogP contribution in [0.3, 0.4) is 0 Å². The SMILES string of the molecule is CSc1ncc2ccc(-c3cccc(CO[Si](C)(C)C(C)(C)C)c3)n2n1. The first kappa shape index (κ1) is 19.1. The zero-order chi connectivity index (χ0) is 18.9. The average Bonchev–Trinajstić information content (AvgIpc) is 3.02. The molecule has 1 aromatic carbocycles. The molecule has 0 amide bonds. The van der Waals surface area contributed by atoms with Gasteiger partial charge in [0.1, 0.15) is 0 Å². The molecule has 0 aliphatic carbocycles. The number of nitrogens with zero attached hydrogens (tertiary/aromatic N) is 3. The van der Waals surface area contributed by atoms with Crippen molar-refractivity contribution in [3.8, 4) is 11.3 Å². The maximum absolute atomic E-state index is 6.38. The lowest BCUT2D eigenvalue weighted by Gasteiger charge is -2.36. The second kappa shape index (κ2) is 7.17. The average molecular weight is 386 g/mol. The van der Waals surface area contributed by atoms with Crippen molar-refractivity contribution in [3.63, 3.8) is 0 Å². The summed E-state index contributed by atoms with van der Waals surface area (Å²) in [6.45, 7) is 12.0. The van der Waals surface area contributed by atoms with Gasteiger partial charge in [-0.25, -0.2) is 9.50 Å². The van der Waals surface area contributed by atoms with Gasteiger partial charge in [-0.3, -0.25) is 0 Å². The molecule has 0 saturated carbocycles. The third-order valence-corrected chi connectivity index (χ3v) is 10.2. The quantitative estimate of drug-likeness (QED) is 0.421. The third-order valence-electron chi connectivity index (χ3n) is 5.19. The van der Waals surface area contributed by atoms with Gasteiger partial charge in [-0.15, -0.1) is 5.10 Å². The molecule has 3 rings (SSSR count). The van der Waals surface area contributed by atoms with Crippen LogP contribution in [0.5, 0.6) is 0 Å². The Kier molecular flexibility index (Phi) is 5.28. The van der Waals surface area contributed by atoms with E-state index in [0.29, 0.717) is 6.61 Å². The van der Waals surface area contributed by atoms with Gasteiger partial charge >= 0.3 is 0 Å². The van der Waals surface area contributed by atoms with E-state index >= 15 is 0 Å². The minimum atomic E-state index is -1.76. The molecule has 138 valence electrons. The number of benzene rings is 1. The first-order valence-electron chi connectivity index (χ1n) is 8.83. The van der Waals surface area contributed by atoms with Crippen molar-refractivity contribution in [2.75, 3.05) is 6.26 Å². The van der Waals surface area contributed by atoms with Crippen molar-refractivity contribution >= 4 is 25.6 Å². The van der Waals surface area contributed by atoms with Gasteiger partial charge in [-0.1, -0.05) is 50.7 Å². The molecule has 2 aromatic heterocycles. The predicted octanol–water partition coefficient (Wildman–Crippen LogP) is 5.64. The van der Waals surface area contributed by atoms with Crippen LogP contribution in [0.1, 0.15) is 26.3 Å². The van der Waals surface area contributed by atoms with Gasteiger partial charge in [0.05, 0.1) is 24.0 Å². The molecule has 0 N–H and O–H groups in total. The summed E-state index contributed by atoms with van der Waals surface area (Å²) in [6, 6.07) is 12.7. The highest BCUT2D eigenvalue weighted by Gasteiger charge is 2.37. The van der Waals surface area contributed by atoms with E-state index in [2.05, 4.69) is 80.3 Å². The summed E-state index contributed by atoms with van der Waals surface area (Å²) in [5, 5.41) is 5.61. The Morgan fingerprint density at radius 3 is 2.62 bits per heavy atom. The Morgan fingerprint density at radius 1 is 1.15 bits per heavy atom. The van der Waals surface area contributed by atoms with Crippen molar-refractivity contribution in [2.45, 2.75) is 50.7 Å². The molecule has 0 fully saturated rings. The van der Waals surface area contributed by atoms with Crippen LogP contribution in [0.2, 0.25) is 18.1 Å². The van der Waals surface area contributed by atoms with E-state index < -0.39 is 8.32 Å². The number of aromatic nitrogens is 3. The molecule has 0 radical (unpaired) electrons. The molecule has 0 unspecified atom stereocenters. The Bertz CT molecular complexity index is 915. The molecule has 2 heterocycles. The summed E-state index contributed by atoms with van der Waals surface area (Å²) in [5.74, 6) is 0. The summed E-state index contributed by atoms with van der Waals surface area (Å²) >= 11 is 1.55. The van der Waals surface area contributed by atoms with Crippen LogP contribution in [0, 0.1) is 0 Å². The summed E-state index contributed by atoms with van der Waals surface area (Å²) < 4.78 is 8.34. The molecule has 3 aromatic rings. The van der Waals surface area contributed by atoms with Crippen molar-refractivity contribution in [3.05, 3.63) is 48.2 Å². The van der Waals surface area contributed by atoms with E-state index in [9.17, 15) is 0 Å². The number of rotatable bonds is 5. The minimum absolute atomic E-state index is 0.216. The van der Waals surface area contributed by atoms with Gasteiger partial charge in [0, 0.05) is 5.56 Å². The van der Waals surface area contributed by atoms with Crippen molar-refractivity contribution in [2.24, 2.45) is 0 Å². The molecule has 6 heteroatoms. The predicted molar refractivity (Wildman–Crippen MR) is 112 cm³/mol. The van der Waals surface area contributed by atoms with Crippen LogP contribution in [-0.4, -0.2) is 29.2 Å². The monoisotopic (exact) mass is 385 g/mol. The fourth-order valence-corrected chi connectivity index (χ4v) is 3.78. The van der Waals surface area contributed by atoms with E-state index in [1.54, 1.807) is 11.8 Å². The molecule has 0 aliphatic heterocycles. The molecular formula is C20H27N3OSSi. The molecule has 0 spiro atoms. The Balaban J connectivity index is 1.88. The van der Waals surface area contributed by atoms with Crippen LogP contribution < -0.4 is 0 Å². The van der Waals surface area contributed by atoms with Crippen LogP contribution >= 0.6 is 11.8 Å². The fraction of sp³-hybridized carbons (Fsp3) is 0.400. The lowest BCUT2D eigenvalue weighted by Crippen LogP contribution is -2.40. The summed E-state index contributed by atoms with van der Waals surface area (Å²) in [6.07, 6.45) is 3.86. The second-order valence-electron chi connectivity index (χ2n) is 8.05. The van der Waals surface area contributed by atoms with Gasteiger partial charge < -0.3 is 4.43 Å². The van der Waals surface area contributed by atoms with E-state index in [-0.39, 0.29) is 5.04 Å². The van der Waals surface area contributed by atoms with Gasteiger partial charge in [0.2, 0.25) is 5.16 Å². The third kappa shape index (κ3) is 3.87. The summed E-state index contributed by atoms with van der Waals surface area (Å²) in [7, 11) is -1.76. The first-order chi connectivity index (χ1) is 12.2. The van der Waals surface area contributed by atoms with E-state index in [0.717, 1.165) is 21.9 Å². The fourth-order valence-electron chi connectivity index (χ4n) is 2.50. The number of fused-ring (bicyclic) bond motifs is 1. The maximum Gasteiger partial charge on any atom is 0.207 e. The van der Waals surface area contributed by atoms with Crippen molar-refractivity contribution in [1.82, 2.24) is 14.6 Å². The van der Waals surface area contributed by atoms with E-state index in [4.69, 9.17) is 4.43 Å². The standard InChI is InChI=1S/C20H27N3OSSi/c1-20(2,3)26(5,6)24-14-15-8-7-9-16(12-15)18-11-10-17-13-21-19(25-4)22-23(17)18/h7-13H,14H2,1-6H3. The summed E-state index contributed by atoms with van der Waals surface area (Å²) in [4.78, 5) is 4.34. The second-order valence-corrected chi connectivity index (χ2v) is 13.6. The van der Waals surface area contributed by atoms with Crippen LogP contribution in [0.4, 0.5) is 0 Å². The normalized spacial score (nSPS) is 12.7. The van der Waals surface area contributed by atoms with Crippen LogP contribution in [0.25, 0.3) is 16.8 Å². The molecule has 26 heavy (non-hydrogen) atoms. The highest BCUT2D eigenvalue weighted by atomic mass is 32.2. The van der Waals surface area contributed by atoms with E-state index in [1.807, 2.05) is 17.0 Å². The summed E-state index contributed by atoms with van der Waals surface area (Å²) in [5.41, 5.74) is 4.42. The topological polar surface area (TPSA) is 39.4 Å². The Labute approximate surface area is 161 Å². The number of hydrogen-bond acceptors (Lipinski definition) is 4. The van der Waals surface area contributed by atoms with Gasteiger partial charge in [-0.05, 0) is 48.2 Å². The maximum atomic E-state index is 6.38.